The van der Waals surface area contributed by atoms with Crippen molar-refractivity contribution in [1.82, 2.24) is 4.90 Å². The van der Waals surface area contributed by atoms with Crippen LogP contribution in [-0.4, -0.2) is 40.5 Å². The molecule has 1 amide bonds. The molecule has 5 nitrogen and oxygen atoms in total. The molecule has 1 aromatic carbocycles. The molecule has 1 unspecified atom stereocenters. The Bertz CT molecular complexity index is 535. The number of aliphatic carboxylic acids is 1. The van der Waals surface area contributed by atoms with Crippen LogP contribution < -0.4 is 5.32 Å². The first-order valence-electron chi connectivity index (χ1n) is 6.46. The van der Waals surface area contributed by atoms with Crippen molar-refractivity contribution in [3.05, 3.63) is 28.7 Å². The van der Waals surface area contributed by atoms with E-state index in [9.17, 15) is 14.7 Å². The van der Waals surface area contributed by atoms with Gasteiger partial charge >= 0.3 is 5.97 Å². The van der Waals surface area contributed by atoms with E-state index in [4.69, 9.17) is 0 Å². The number of halogens is 1. The molecule has 2 N–H and O–H groups in total. The topological polar surface area (TPSA) is 69.6 Å². The van der Waals surface area contributed by atoms with Crippen molar-refractivity contribution in [2.75, 3.05) is 18.4 Å². The number of nitrogens with one attached hydrogen (secondary N) is 1. The van der Waals surface area contributed by atoms with Gasteiger partial charge in [-0.15, -0.1) is 0 Å². The SMILES string of the molecule is CC1(C(=O)O)CCCN1CC(=O)Nc1ccccc1Br. The second kappa shape index (κ2) is 5.93. The van der Waals surface area contributed by atoms with E-state index in [1.807, 2.05) is 18.2 Å². The van der Waals surface area contributed by atoms with Crippen molar-refractivity contribution in [1.29, 1.82) is 0 Å². The van der Waals surface area contributed by atoms with Crippen LogP contribution in [0.5, 0.6) is 0 Å². The molecule has 1 saturated heterocycles. The molecule has 0 saturated carbocycles. The number of carboxylic acids is 1. The molecular formula is C14H17BrN2O3. The first-order chi connectivity index (χ1) is 9.43. The highest BCUT2D eigenvalue weighted by Gasteiger charge is 2.43. The first kappa shape index (κ1) is 15.0. The molecule has 1 aliphatic rings. The summed E-state index contributed by atoms with van der Waals surface area (Å²) >= 11 is 3.36. The summed E-state index contributed by atoms with van der Waals surface area (Å²) in [6, 6.07) is 7.33. The highest BCUT2D eigenvalue weighted by atomic mass is 79.9. The highest BCUT2D eigenvalue weighted by Crippen LogP contribution is 2.29. The minimum atomic E-state index is -0.939. The molecule has 2 rings (SSSR count). The fourth-order valence-corrected chi connectivity index (χ4v) is 2.82. The third-order valence-corrected chi connectivity index (χ3v) is 4.42. The molecule has 1 heterocycles. The average Bonchev–Trinajstić information content (AvgIpc) is 2.75. The Hall–Kier alpha value is -1.40. The quantitative estimate of drug-likeness (QED) is 0.882. The minimum Gasteiger partial charge on any atom is -0.480 e. The van der Waals surface area contributed by atoms with Crippen LogP contribution >= 0.6 is 15.9 Å². The summed E-state index contributed by atoms with van der Waals surface area (Å²) in [4.78, 5) is 25.1. The van der Waals surface area contributed by atoms with Crippen LogP contribution in [-0.2, 0) is 9.59 Å². The van der Waals surface area contributed by atoms with E-state index in [0.29, 0.717) is 18.7 Å². The number of likely N-dealkylation sites (tertiary alicyclic amines) is 1. The van der Waals surface area contributed by atoms with Crippen LogP contribution in [0, 0.1) is 0 Å². The van der Waals surface area contributed by atoms with Crippen LogP contribution in [0.1, 0.15) is 19.8 Å². The van der Waals surface area contributed by atoms with E-state index in [1.165, 1.54) is 0 Å². The Balaban J connectivity index is 2.02. The van der Waals surface area contributed by atoms with E-state index in [1.54, 1.807) is 17.9 Å². The van der Waals surface area contributed by atoms with Gasteiger partial charge in [0.15, 0.2) is 0 Å². The van der Waals surface area contributed by atoms with Crippen LogP contribution in [0.4, 0.5) is 5.69 Å². The summed E-state index contributed by atoms with van der Waals surface area (Å²) in [6.07, 6.45) is 1.37. The normalized spacial score (nSPS) is 22.7. The minimum absolute atomic E-state index is 0.0874. The molecular weight excluding hydrogens is 324 g/mol. The standard InChI is InChI=1S/C14H17BrN2O3/c1-14(13(19)20)7-4-8-17(14)9-12(18)16-11-6-3-2-5-10(11)15/h2-3,5-6H,4,7-9H2,1H3,(H,16,18)(H,19,20). The van der Waals surface area contributed by atoms with Gasteiger partial charge in [0.05, 0.1) is 12.2 Å². The predicted molar refractivity (Wildman–Crippen MR) is 79.6 cm³/mol. The zero-order valence-electron chi connectivity index (χ0n) is 11.2. The van der Waals surface area contributed by atoms with Gasteiger partial charge in [-0.25, -0.2) is 0 Å². The summed E-state index contributed by atoms with van der Waals surface area (Å²) in [5.41, 5.74) is -0.251. The van der Waals surface area contributed by atoms with Gasteiger partial charge in [0.25, 0.3) is 0 Å². The Morgan fingerprint density at radius 3 is 2.80 bits per heavy atom. The maximum absolute atomic E-state index is 12.1. The van der Waals surface area contributed by atoms with Crippen molar-refractivity contribution in [3.63, 3.8) is 0 Å². The second-order valence-corrected chi connectivity index (χ2v) is 5.99. The number of carboxylic acid groups (broad SMARTS) is 1. The zero-order valence-corrected chi connectivity index (χ0v) is 12.8. The van der Waals surface area contributed by atoms with E-state index in [-0.39, 0.29) is 12.5 Å². The molecule has 1 aliphatic heterocycles. The fraction of sp³-hybridized carbons (Fsp3) is 0.429. The summed E-state index contributed by atoms with van der Waals surface area (Å²) in [7, 11) is 0. The summed E-state index contributed by atoms with van der Waals surface area (Å²) in [5, 5.41) is 12.1. The van der Waals surface area contributed by atoms with Gasteiger partial charge in [-0.2, -0.15) is 0 Å². The molecule has 0 spiro atoms. The Labute approximate surface area is 126 Å². The number of hydrogen-bond acceptors (Lipinski definition) is 3. The van der Waals surface area contributed by atoms with Gasteiger partial charge in [0.2, 0.25) is 5.91 Å². The van der Waals surface area contributed by atoms with Crippen LogP contribution in [0.2, 0.25) is 0 Å². The van der Waals surface area contributed by atoms with Gasteiger partial charge < -0.3 is 10.4 Å². The molecule has 1 aromatic rings. The molecule has 20 heavy (non-hydrogen) atoms. The molecule has 108 valence electrons. The second-order valence-electron chi connectivity index (χ2n) is 5.13. The number of anilines is 1. The molecule has 1 atom stereocenters. The Morgan fingerprint density at radius 1 is 1.45 bits per heavy atom. The maximum Gasteiger partial charge on any atom is 0.323 e. The van der Waals surface area contributed by atoms with E-state index in [0.717, 1.165) is 10.9 Å². The fourth-order valence-electron chi connectivity index (χ4n) is 2.44. The van der Waals surface area contributed by atoms with Gasteiger partial charge in [-0.3, -0.25) is 14.5 Å². The summed E-state index contributed by atoms with van der Waals surface area (Å²) < 4.78 is 0.802. The van der Waals surface area contributed by atoms with Gasteiger partial charge in [-0.1, -0.05) is 12.1 Å². The Kier molecular flexibility index (Phi) is 4.45. The van der Waals surface area contributed by atoms with Gasteiger partial charge in [0.1, 0.15) is 5.54 Å². The van der Waals surface area contributed by atoms with Gasteiger partial charge in [-0.05, 0) is 54.4 Å². The number of carbonyl (C=O) groups is 2. The summed E-state index contributed by atoms with van der Waals surface area (Å²) in [6.45, 7) is 2.39. The number of nitrogens with zero attached hydrogens (tertiary/aromatic N) is 1. The molecule has 6 heteroatoms. The molecule has 0 radical (unpaired) electrons. The third kappa shape index (κ3) is 3.02. The Morgan fingerprint density at radius 2 is 2.15 bits per heavy atom. The average molecular weight is 341 g/mol. The van der Waals surface area contributed by atoms with Crippen molar-refractivity contribution in [2.45, 2.75) is 25.3 Å². The third-order valence-electron chi connectivity index (χ3n) is 3.73. The molecule has 1 fully saturated rings. The number of rotatable bonds is 4. The lowest BCUT2D eigenvalue weighted by atomic mass is 9.99. The lowest BCUT2D eigenvalue weighted by Crippen LogP contribution is -2.50. The van der Waals surface area contributed by atoms with Crippen LogP contribution in [0.15, 0.2) is 28.7 Å². The number of carbonyl (C=O) groups excluding carboxylic acids is 1. The maximum atomic E-state index is 12.1. The lowest BCUT2D eigenvalue weighted by Gasteiger charge is -2.30. The monoisotopic (exact) mass is 340 g/mol. The van der Waals surface area contributed by atoms with Crippen molar-refractivity contribution in [3.8, 4) is 0 Å². The molecule has 0 aromatic heterocycles. The number of hydrogen-bond donors (Lipinski definition) is 2. The van der Waals surface area contributed by atoms with E-state index in [2.05, 4.69) is 21.2 Å². The summed E-state index contributed by atoms with van der Waals surface area (Å²) in [5.74, 6) is -1.07. The van der Waals surface area contributed by atoms with Crippen LogP contribution in [0.25, 0.3) is 0 Å². The number of amides is 1. The van der Waals surface area contributed by atoms with Crippen molar-refractivity contribution >= 4 is 33.5 Å². The van der Waals surface area contributed by atoms with Crippen LogP contribution in [0.3, 0.4) is 0 Å². The van der Waals surface area contributed by atoms with E-state index >= 15 is 0 Å². The van der Waals surface area contributed by atoms with Crippen molar-refractivity contribution in [2.24, 2.45) is 0 Å². The highest BCUT2D eigenvalue weighted by molar-refractivity contribution is 9.10. The zero-order chi connectivity index (χ0) is 14.8. The predicted octanol–water partition coefficient (Wildman–Crippen LogP) is 2.33. The number of benzene rings is 1. The van der Waals surface area contributed by atoms with Crippen molar-refractivity contribution < 1.29 is 14.7 Å². The largest absolute Gasteiger partial charge is 0.480 e. The van der Waals surface area contributed by atoms with Gasteiger partial charge in [0, 0.05) is 4.47 Å². The first-order valence-corrected chi connectivity index (χ1v) is 7.25. The molecule has 0 bridgehead atoms. The van der Waals surface area contributed by atoms with E-state index < -0.39 is 11.5 Å². The molecule has 0 aliphatic carbocycles. The number of para-hydroxylation sites is 1. The lowest BCUT2D eigenvalue weighted by molar-refractivity contribution is -0.149. The smallest absolute Gasteiger partial charge is 0.323 e.